The number of nitrogens with zero attached hydrogens (tertiary/aromatic N) is 1. The standard InChI is InChI=1S/C10H13ClN2O2/c1-7(14)4-5-12-10(15)9-3-2-8(11)6-13-9/h2-3,6-7,14H,4-5H2,1H3,(H,12,15). The van der Waals surface area contributed by atoms with Crippen molar-refractivity contribution in [2.45, 2.75) is 19.4 Å². The molecule has 0 aromatic carbocycles. The fourth-order valence-electron chi connectivity index (χ4n) is 0.995. The Labute approximate surface area is 93.3 Å². The van der Waals surface area contributed by atoms with Crippen molar-refractivity contribution in [1.29, 1.82) is 0 Å². The molecule has 1 atom stereocenters. The number of aromatic nitrogens is 1. The Hall–Kier alpha value is -1.13. The van der Waals surface area contributed by atoms with Gasteiger partial charge in [-0.2, -0.15) is 0 Å². The summed E-state index contributed by atoms with van der Waals surface area (Å²) in [5.41, 5.74) is 0.324. The molecular formula is C10H13ClN2O2. The van der Waals surface area contributed by atoms with Gasteiger partial charge in [0, 0.05) is 12.7 Å². The van der Waals surface area contributed by atoms with Gasteiger partial charge in [0.05, 0.1) is 11.1 Å². The van der Waals surface area contributed by atoms with Crippen molar-refractivity contribution < 1.29 is 9.90 Å². The zero-order chi connectivity index (χ0) is 11.3. The monoisotopic (exact) mass is 228 g/mol. The maximum Gasteiger partial charge on any atom is 0.269 e. The van der Waals surface area contributed by atoms with Crippen LogP contribution in [0.15, 0.2) is 18.3 Å². The van der Waals surface area contributed by atoms with Gasteiger partial charge in [-0.1, -0.05) is 11.6 Å². The van der Waals surface area contributed by atoms with Crippen LogP contribution in [0.4, 0.5) is 0 Å². The van der Waals surface area contributed by atoms with Crippen LogP contribution in [0.25, 0.3) is 0 Å². The van der Waals surface area contributed by atoms with Crippen LogP contribution in [0.5, 0.6) is 0 Å². The predicted octanol–water partition coefficient (Wildman–Crippen LogP) is 1.24. The highest BCUT2D eigenvalue weighted by atomic mass is 35.5. The lowest BCUT2D eigenvalue weighted by atomic mass is 10.3. The van der Waals surface area contributed by atoms with Crippen LogP contribution in [-0.4, -0.2) is 28.6 Å². The second kappa shape index (κ2) is 5.68. The third kappa shape index (κ3) is 4.27. The van der Waals surface area contributed by atoms with Crippen LogP contribution in [-0.2, 0) is 0 Å². The highest BCUT2D eigenvalue weighted by Gasteiger charge is 2.06. The van der Waals surface area contributed by atoms with Gasteiger partial charge in [0.1, 0.15) is 5.69 Å². The lowest BCUT2D eigenvalue weighted by Gasteiger charge is -2.05. The molecule has 1 aromatic rings. The van der Waals surface area contributed by atoms with Gasteiger partial charge in [-0.15, -0.1) is 0 Å². The average molecular weight is 229 g/mol. The highest BCUT2D eigenvalue weighted by Crippen LogP contribution is 2.05. The van der Waals surface area contributed by atoms with E-state index in [0.717, 1.165) is 0 Å². The normalized spacial score (nSPS) is 12.2. The van der Waals surface area contributed by atoms with Crippen molar-refractivity contribution >= 4 is 17.5 Å². The minimum atomic E-state index is -0.413. The summed E-state index contributed by atoms with van der Waals surface area (Å²) >= 11 is 5.63. The number of pyridine rings is 1. The molecule has 0 saturated heterocycles. The summed E-state index contributed by atoms with van der Waals surface area (Å²) in [5, 5.41) is 12.1. The van der Waals surface area contributed by atoms with Gasteiger partial charge in [0.15, 0.2) is 0 Å². The van der Waals surface area contributed by atoms with Gasteiger partial charge in [0.25, 0.3) is 5.91 Å². The number of hydrogen-bond donors (Lipinski definition) is 2. The second-order valence-corrected chi connectivity index (χ2v) is 3.69. The van der Waals surface area contributed by atoms with E-state index in [4.69, 9.17) is 16.7 Å². The number of nitrogens with one attached hydrogen (secondary N) is 1. The van der Waals surface area contributed by atoms with Gasteiger partial charge < -0.3 is 10.4 Å². The third-order valence-electron chi connectivity index (χ3n) is 1.81. The molecule has 0 bridgehead atoms. The molecule has 1 amide bonds. The van der Waals surface area contributed by atoms with Crippen molar-refractivity contribution in [2.24, 2.45) is 0 Å². The summed E-state index contributed by atoms with van der Waals surface area (Å²) in [6, 6.07) is 3.16. The first-order valence-electron chi connectivity index (χ1n) is 4.67. The molecule has 0 aliphatic rings. The van der Waals surface area contributed by atoms with Gasteiger partial charge in [0.2, 0.25) is 0 Å². The first kappa shape index (κ1) is 11.9. The van der Waals surface area contributed by atoms with Crippen LogP contribution in [0.3, 0.4) is 0 Å². The minimum Gasteiger partial charge on any atom is -0.393 e. The Morgan fingerprint density at radius 1 is 1.67 bits per heavy atom. The summed E-state index contributed by atoms with van der Waals surface area (Å²) in [6.45, 7) is 2.10. The topological polar surface area (TPSA) is 62.2 Å². The van der Waals surface area contributed by atoms with E-state index in [9.17, 15) is 4.79 Å². The molecular weight excluding hydrogens is 216 g/mol. The van der Waals surface area contributed by atoms with Crippen LogP contribution in [0, 0.1) is 0 Å². The van der Waals surface area contributed by atoms with E-state index in [1.165, 1.54) is 6.20 Å². The largest absolute Gasteiger partial charge is 0.393 e. The zero-order valence-corrected chi connectivity index (χ0v) is 9.16. The molecule has 1 rings (SSSR count). The van der Waals surface area contributed by atoms with Gasteiger partial charge in [-0.05, 0) is 25.5 Å². The molecule has 0 aliphatic carbocycles. The maximum absolute atomic E-state index is 11.4. The number of carbonyl (C=O) groups is 1. The lowest BCUT2D eigenvalue weighted by molar-refractivity contribution is 0.0940. The number of carbonyl (C=O) groups excluding carboxylic acids is 1. The molecule has 0 aliphatic heterocycles. The molecule has 2 N–H and O–H groups in total. The summed E-state index contributed by atoms with van der Waals surface area (Å²) in [7, 11) is 0. The molecule has 5 heteroatoms. The van der Waals surface area contributed by atoms with E-state index < -0.39 is 6.10 Å². The van der Waals surface area contributed by atoms with E-state index in [2.05, 4.69) is 10.3 Å². The Morgan fingerprint density at radius 2 is 2.40 bits per heavy atom. The molecule has 0 radical (unpaired) electrons. The summed E-state index contributed by atoms with van der Waals surface area (Å²) < 4.78 is 0. The highest BCUT2D eigenvalue weighted by molar-refractivity contribution is 6.30. The second-order valence-electron chi connectivity index (χ2n) is 3.26. The number of halogens is 1. The molecule has 0 fully saturated rings. The Balaban J connectivity index is 2.43. The fraction of sp³-hybridized carbons (Fsp3) is 0.400. The summed E-state index contributed by atoms with van der Waals surface area (Å²) in [5.74, 6) is -0.257. The third-order valence-corrected chi connectivity index (χ3v) is 2.03. The van der Waals surface area contributed by atoms with E-state index in [0.29, 0.717) is 23.7 Å². The quantitative estimate of drug-likeness (QED) is 0.815. The average Bonchev–Trinajstić information content (AvgIpc) is 2.18. The Kier molecular flexibility index (Phi) is 4.52. The fourth-order valence-corrected chi connectivity index (χ4v) is 1.11. The maximum atomic E-state index is 11.4. The molecule has 1 unspecified atom stereocenters. The van der Waals surface area contributed by atoms with Crippen molar-refractivity contribution in [3.63, 3.8) is 0 Å². The Bertz CT molecular complexity index is 325. The molecule has 82 valence electrons. The van der Waals surface area contributed by atoms with Crippen molar-refractivity contribution in [2.75, 3.05) is 6.54 Å². The zero-order valence-electron chi connectivity index (χ0n) is 8.40. The number of rotatable bonds is 4. The molecule has 0 saturated carbocycles. The van der Waals surface area contributed by atoms with E-state index in [-0.39, 0.29) is 5.91 Å². The SMILES string of the molecule is CC(O)CCNC(=O)c1ccc(Cl)cn1. The van der Waals surface area contributed by atoms with Gasteiger partial charge in [-0.25, -0.2) is 4.98 Å². The minimum absolute atomic E-state index is 0.257. The molecule has 1 heterocycles. The van der Waals surface area contributed by atoms with Crippen LogP contribution in [0.1, 0.15) is 23.8 Å². The lowest BCUT2D eigenvalue weighted by Crippen LogP contribution is -2.27. The van der Waals surface area contributed by atoms with Crippen LogP contribution < -0.4 is 5.32 Å². The van der Waals surface area contributed by atoms with E-state index >= 15 is 0 Å². The number of aliphatic hydroxyl groups excluding tert-OH is 1. The van der Waals surface area contributed by atoms with Gasteiger partial charge >= 0.3 is 0 Å². The van der Waals surface area contributed by atoms with Crippen molar-refractivity contribution in [1.82, 2.24) is 10.3 Å². The smallest absolute Gasteiger partial charge is 0.269 e. The van der Waals surface area contributed by atoms with Crippen molar-refractivity contribution in [3.8, 4) is 0 Å². The number of amides is 1. The number of aliphatic hydroxyl groups is 1. The van der Waals surface area contributed by atoms with E-state index in [1.54, 1.807) is 19.1 Å². The van der Waals surface area contributed by atoms with Crippen molar-refractivity contribution in [3.05, 3.63) is 29.0 Å². The summed E-state index contributed by atoms with van der Waals surface area (Å²) in [4.78, 5) is 15.3. The van der Waals surface area contributed by atoms with E-state index in [1.807, 2.05) is 0 Å². The van der Waals surface area contributed by atoms with Gasteiger partial charge in [-0.3, -0.25) is 4.79 Å². The predicted molar refractivity (Wildman–Crippen MR) is 57.9 cm³/mol. The van der Waals surface area contributed by atoms with Crippen LogP contribution >= 0.6 is 11.6 Å². The molecule has 0 spiro atoms. The molecule has 15 heavy (non-hydrogen) atoms. The first-order chi connectivity index (χ1) is 7.09. The molecule has 1 aromatic heterocycles. The molecule has 4 nitrogen and oxygen atoms in total. The Morgan fingerprint density at radius 3 is 2.93 bits per heavy atom. The van der Waals surface area contributed by atoms with Crippen LogP contribution in [0.2, 0.25) is 5.02 Å². The number of hydrogen-bond acceptors (Lipinski definition) is 3. The summed E-state index contributed by atoms with van der Waals surface area (Å²) in [6.07, 6.45) is 1.54. The first-order valence-corrected chi connectivity index (χ1v) is 5.05.